The number of unbranched alkanes of at least 4 members (excludes halogenated alkanes) is 14. The number of carbonyl (C=O) groups is 1. The Hall–Kier alpha value is -3.48. The van der Waals surface area contributed by atoms with Gasteiger partial charge in [-0.2, -0.15) is 0 Å². The third kappa shape index (κ3) is 9.61. The van der Waals surface area contributed by atoms with E-state index in [1.54, 1.807) is 0 Å². The van der Waals surface area contributed by atoms with E-state index in [1.165, 1.54) is 101 Å². The second kappa shape index (κ2) is 16.6. The molecule has 0 aliphatic carbocycles. The molecule has 0 unspecified atom stereocenters. The first kappa shape index (κ1) is 31.1. The summed E-state index contributed by atoms with van der Waals surface area (Å²) in [5.74, 6) is -1.63. The molecular formula is C33H44O7. The molecule has 3 rings (SSSR count). The van der Waals surface area contributed by atoms with Crippen molar-refractivity contribution in [1.29, 1.82) is 0 Å². The minimum atomic E-state index is -0.716. The molecule has 3 aromatic rings. The van der Waals surface area contributed by atoms with Crippen molar-refractivity contribution in [2.24, 2.45) is 0 Å². The van der Waals surface area contributed by atoms with Crippen LogP contribution in [0, 0.1) is 0 Å². The molecule has 7 heteroatoms. The minimum Gasteiger partial charge on any atom is -0.508 e. The van der Waals surface area contributed by atoms with Gasteiger partial charge in [-0.05, 0) is 30.7 Å². The summed E-state index contributed by atoms with van der Waals surface area (Å²) >= 11 is 0. The molecule has 0 spiro atoms. The lowest BCUT2D eigenvalue weighted by Crippen LogP contribution is -2.16. The Balaban J connectivity index is 1.45. The van der Waals surface area contributed by atoms with Crippen LogP contribution in [0.1, 0.15) is 110 Å². The summed E-state index contributed by atoms with van der Waals surface area (Å²) in [5, 5.41) is 29.5. The number of hydrogen-bond donors (Lipinski definition) is 3. The van der Waals surface area contributed by atoms with Crippen LogP contribution in [0.4, 0.5) is 0 Å². The first-order valence-electron chi connectivity index (χ1n) is 14.9. The number of hydrogen-bond acceptors (Lipinski definition) is 7. The molecule has 0 aliphatic rings. The Morgan fingerprint density at radius 3 is 1.80 bits per heavy atom. The molecule has 0 saturated carbocycles. The van der Waals surface area contributed by atoms with Gasteiger partial charge in [-0.1, -0.05) is 96.8 Å². The molecule has 40 heavy (non-hydrogen) atoms. The second-order valence-corrected chi connectivity index (χ2v) is 10.6. The number of phenolic OH excluding ortho intramolecular Hbond substituents is 3. The van der Waals surface area contributed by atoms with Crippen LogP contribution in [0.15, 0.2) is 45.6 Å². The van der Waals surface area contributed by atoms with Gasteiger partial charge in [0.15, 0.2) is 5.76 Å². The van der Waals surface area contributed by atoms with Crippen LogP contribution in [0.2, 0.25) is 0 Å². The van der Waals surface area contributed by atoms with Crippen LogP contribution in [0.3, 0.4) is 0 Å². The van der Waals surface area contributed by atoms with Crippen LogP contribution >= 0.6 is 0 Å². The molecule has 0 saturated heterocycles. The number of carbonyl (C=O) groups excluding carboxylic acids is 1. The predicted molar refractivity (Wildman–Crippen MR) is 158 cm³/mol. The highest BCUT2D eigenvalue weighted by Crippen LogP contribution is 2.36. The zero-order valence-corrected chi connectivity index (χ0v) is 23.8. The summed E-state index contributed by atoms with van der Waals surface area (Å²) in [6.45, 7) is 2.25. The van der Waals surface area contributed by atoms with Crippen molar-refractivity contribution >= 4 is 16.9 Å². The van der Waals surface area contributed by atoms with Gasteiger partial charge in [-0.3, -0.25) is 9.59 Å². The zero-order valence-electron chi connectivity index (χ0n) is 23.8. The number of aromatic hydroxyl groups is 3. The summed E-state index contributed by atoms with van der Waals surface area (Å²) in [6.07, 6.45) is 18.5. The normalized spacial score (nSPS) is 11.2. The van der Waals surface area contributed by atoms with Crippen molar-refractivity contribution in [3.8, 4) is 34.3 Å². The van der Waals surface area contributed by atoms with E-state index in [0.29, 0.717) is 12.0 Å². The van der Waals surface area contributed by atoms with Crippen molar-refractivity contribution < 1.29 is 29.3 Å². The Morgan fingerprint density at radius 1 is 0.725 bits per heavy atom. The van der Waals surface area contributed by atoms with Crippen LogP contribution in [0.25, 0.3) is 22.3 Å². The van der Waals surface area contributed by atoms with E-state index < -0.39 is 17.1 Å². The molecular weight excluding hydrogens is 508 g/mol. The summed E-state index contributed by atoms with van der Waals surface area (Å²) in [4.78, 5) is 25.9. The average molecular weight is 553 g/mol. The topological polar surface area (TPSA) is 117 Å². The van der Waals surface area contributed by atoms with Crippen molar-refractivity contribution in [3.05, 3.63) is 46.6 Å². The lowest BCUT2D eigenvalue weighted by atomic mass is 10.0. The maximum Gasteiger partial charge on any atom is 0.311 e. The molecule has 0 fully saturated rings. The fraction of sp³-hybridized carbons (Fsp3) is 0.515. The SMILES string of the molecule is CCCCCCCCCCCCCCCCCC(=O)Oc1c(-c2ccc(O)cc2)oc2cc(O)cc(O)c2c1=O. The molecule has 3 N–H and O–H groups in total. The fourth-order valence-electron chi connectivity index (χ4n) is 4.97. The fourth-order valence-corrected chi connectivity index (χ4v) is 4.97. The van der Waals surface area contributed by atoms with Crippen LogP contribution in [-0.2, 0) is 4.79 Å². The lowest BCUT2D eigenvalue weighted by molar-refractivity contribution is -0.134. The van der Waals surface area contributed by atoms with E-state index >= 15 is 0 Å². The summed E-state index contributed by atoms with van der Waals surface area (Å²) < 4.78 is 11.3. The number of esters is 1. The summed E-state index contributed by atoms with van der Waals surface area (Å²) in [7, 11) is 0. The zero-order chi connectivity index (χ0) is 28.7. The van der Waals surface area contributed by atoms with Crippen molar-refractivity contribution in [1.82, 2.24) is 0 Å². The molecule has 218 valence electrons. The molecule has 2 aromatic carbocycles. The maximum absolute atomic E-state index is 13.2. The van der Waals surface area contributed by atoms with Crippen LogP contribution in [0.5, 0.6) is 23.0 Å². The highest BCUT2D eigenvalue weighted by atomic mass is 16.5. The van der Waals surface area contributed by atoms with Crippen LogP contribution < -0.4 is 10.2 Å². The Labute approximate surface area is 236 Å². The quantitative estimate of drug-likeness (QED) is 0.107. The monoisotopic (exact) mass is 552 g/mol. The molecule has 1 heterocycles. The Bertz CT molecular complexity index is 1260. The van der Waals surface area contributed by atoms with Gasteiger partial charge in [0.05, 0.1) is 0 Å². The number of fused-ring (bicyclic) bond motifs is 1. The third-order valence-corrected chi connectivity index (χ3v) is 7.25. The Morgan fingerprint density at radius 2 is 1.25 bits per heavy atom. The van der Waals surface area contributed by atoms with Crippen molar-refractivity contribution in [2.45, 2.75) is 110 Å². The molecule has 0 bridgehead atoms. The summed E-state index contributed by atoms with van der Waals surface area (Å²) in [6, 6.07) is 8.12. The number of rotatable bonds is 18. The molecule has 0 atom stereocenters. The maximum atomic E-state index is 13.2. The number of phenols is 3. The van der Waals surface area contributed by atoms with E-state index in [2.05, 4.69) is 6.92 Å². The third-order valence-electron chi connectivity index (χ3n) is 7.25. The standard InChI is InChI=1S/C33H44O7/c1-2-3-4-5-6-7-8-9-10-11-12-13-14-15-16-17-29(37)40-33-31(38)30-27(36)22-26(35)23-28(30)39-32(33)24-18-20-25(34)21-19-24/h18-23,34-36H,2-17H2,1H3. The van der Waals surface area contributed by atoms with Crippen molar-refractivity contribution in [3.63, 3.8) is 0 Å². The van der Waals surface area contributed by atoms with Gasteiger partial charge in [0.25, 0.3) is 0 Å². The molecule has 1 aromatic heterocycles. The lowest BCUT2D eigenvalue weighted by Gasteiger charge is -2.11. The molecule has 7 nitrogen and oxygen atoms in total. The average Bonchev–Trinajstić information content (AvgIpc) is 2.92. The van der Waals surface area contributed by atoms with Gasteiger partial charge in [0.1, 0.15) is 28.2 Å². The predicted octanol–water partition coefficient (Wildman–Crippen LogP) is 8.74. The number of ether oxygens (including phenoxy) is 1. The van der Waals surface area contributed by atoms with Gasteiger partial charge in [-0.15, -0.1) is 0 Å². The first-order valence-corrected chi connectivity index (χ1v) is 14.9. The highest BCUT2D eigenvalue weighted by molar-refractivity contribution is 5.89. The van der Waals surface area contributed by atoms with E-state index in [1.807, 2.05) is 0 Å². The smallest absolute Gasteiger partial charge is 0.311 e. The second-order valence-electron chi connectivity index (χ2n) is 10.6. The Kier molecular flexibility index (Phi) is 12.9. The van der Waals surface area contributed by atoms with Crippen LogP contribution in [-0.4, -0.2) is 21.3 Å². The van der Waals surface area contributed by atoms with Crippen molar-refractivity contribution in [2.75, 3.05) is 0 Å². The largest absolute Gasteiger partial charge is 0.508 e. The van der Waals surface area contributed by atoms with Gasteiger partial charge in [0, 0.05) is 24.1 Å². The summed E-state index contributed by atoms with van der Waals surface area (Å²) in [5.41, 5.74) is -0.367. The first-order chi connectivity index (χ1) is 19.4. The van der Waals surface area contributed by atoms with E-state index in [9.17, 15) is 24.9 Å². The van der Waals surface area contributed by atoms with E-state index in [0.717, 1.165) is 25.3 Å². The highest BCUT2D eigenvalue weighted by Gasteiger charge is 2.23. The van der Waals surface area contributed by atoms with E-state index in [4.69, 9.17) is 9.15 Å². The van der Waals surface area contributed by atoms with E-state index in [-0.39, 0.29) is 40.4 Å². The molecule has 0 aliphatic heterocycles. The number of benzene rings is 2. The minimum absolute atomic E-state index is 0.0210. The molecule has 0 radical (unpaired) electrons. The van der Waals surface area contributed by atoms with Gasteiger partial charge in [-0.25, -0.2) is 0 Å². The molecule has 0 amide bonds. The van der Waals surface area contributed by atoms with Gasteiger partial charge in [0.2, 0.25) is 11.2 Å². The van der Waals surface area contributed by atoms with Gasteiger partial charge < -0.3 is 24.5 Å². The van der Waals surface area contributed by atoms with Gasteiger partial charge >= 0.3 is 5.97 Å².